The van der Waals surface area contributed by atoms with Gasteiger partial charge in [0, 0.05) is 32.9 Å². The molecule has 1 aromatic heterocycles. The number of nitrogens with zero attached hydrogens (tertiary/aromatic N) is 2. The maximum atomic E-state index is 12.0. The first-order valence-electron chi connectivity index (χ1n) is 7.26. The lowest BCUT2D eigenvalue weighted by molar-refractivity contribution is -0.149. The smallest absolute Gasteiger partial charge is 0.267 e. The molecule has 1 saturated heterocycles. The third kappa shape index (κ3) is 4.07. The Morgan fingerprint density at radius 3 is 2.90 bits per heavy atom. The minimum Gasteiger partial charge on any atom is -0.365 e. The fourth-order valence-electron chi connectivity index (χ4n) is 2.42. The van der Waals surface area contributed by atoms with Gasteiger partial charge in [-0.1, -0.05) is 13.8 Å². The molecule has 1 aliphatic heterocycles. The van der Waals surface area contributed by atoms with E-state index in [0.29, 0.717) is 24.7 Å². The van der Waals surface area contributed by atoms with Crippen LogP contribution in [0.5, 0.6) is 0 Å². The molecule has 1 fully saturated rings. The first kappa shape index (κ1) is 15.6. The predicted octanol–water partition coefficient (Wildman–Crippen LogP) is 0.638. The zero-order valence-corrected chi connectivity index (χ0v) is 12.8. The normalized spacial score (nSPS) is 19.1. The second-order valence-corrected chi connectivity index (χ2v) is 5.84. The van der Waals surface area contributed by atoms with Crippen molar-refractivity contribution in [3.05, 3.63) is 24.0 Å². The van der Waals surface area contributed by atoms with Crippen molar-refractivity contribution in [1.82, 2.24) is 14.8 Å². The molecule has 0 bridgehead atoms. The largest absolute Gasteiger partial charge is 0.365 e. The molecule has 21 heavy (non-hydrogen) atoms. The van der Waals surface area contributed by atoms with Gasteiger partial charge in [0.05, 0.1) is 6.10 Å². The fraction of sp³-hybridized carbons (Fsp3) is 0.600. The molecule has 0 radical (unpaired) electrons. The van der Waals surface area contributed by atoms with Gasteiger partial charge < -0.3 is 19.5 Å². The SMILES string of the molecule is CC(C)CN1CC(CNC(=O)c2cccn2C)OCC1=O. The number of nitrogens with one attached hydrogen (secondary N) is 1. The van der Waals surface area contributed by atoms with Crippen LogP contribution in [0.25, 0.3) is 0 Å². The summed E-state index contributed by atoms with van der Waals surface area (Å²) in [5.74, 6) is 0.317. The molecule has 6 nitrogen and oxygen atoms in total. The van der Waals surface area contributed by atoms with E-state index in [4.69, 9.17) is 4.74 Å². The molecular formula is C15H23N3O3. The average Bonchev–Trinajstić information content (AvgIpc) is 2.85. The van der Waals surface area contributed by atoms with Gasteiger partial charge in [0.25, 0.3) is 5.91 Å². The number of ether oxygens (including phenoxy) is 1. The van der Waals surface area contributed by atoms with Crippen LogP contribution in [0.4, 0.5) is 0 Å². The Morgan fingerprint density at radius 2 is 2.29 bits per heavy atom. The van der Waals surface area contributed by atoms with E-state index in [0.717, 1.165) is 6.54 Å². The first-order valence-corrected chi connectivity index (χ1v) is 7.26. The van der Waals surface area contributed by atoms with Crippen molar-refractivity contribution < 1.29 is 14.3 Å². The summed E-state index contributed by atoms with van der Waals surface area (Å²) in [4.78, 5) is 25.6. The van der Waals surface area contributed by atoms with Gasteiger partial charge >= 0.3 is 0 Å². The van der Waals surface area contributed by atoms with E-state index in [1.807, 2.05) is 24.2 Å². The Kier molecular flexibility index (Phi) is 5.01. The van der Waals surface area contributed by atoms with Crippen LogP contribution in [0.15, 0.2) is 18.3 Å². The average molecular weight is 293 g/mol. The molecule has 1 aromatic rings. The maximum Gasteiger partial charge on any atom is 0.267 e. The molecule has 1 aliphatic rings. The van der Waals surface area contributed by atoms with E-state index in [1.54, 1.807) is 10.6 Å². The highest BCUT2D eigenvalue weighted by atomic mass is 16.5. The second kappa shape index (κ2) is 6.76. The van der Waals surface area contributed by atoms with E-state index in [9.17, 15) is 9.59 Å². The molecule has 0 spiro atoms. The molecule has 1 unspecified atom stereocenters. The van der Waals surface area contributed by atoms with Gasteiger partial charge in [-0.25, -0.2) is 0 Å². The topological polar surface area (TPSA) is 63.6 Å². The van der Waals surface area contributed by atoms with Crippen LogP contribution in [0.3, 0.4) is 0 Å². The van der Waals surface area contributed by atoms with Crippen molar-refractivity contribution in [2.75, 3.05) is 26.2 Å². The van der Waals surface area contributed by atoms with E-state index in [1.165, 1.54) is 0 Å². The van der Waals surface area contributed by atoms with E-state index in [2.05, 4.69) is 19.2 Å². The molecule has 2 amide bonds. The fourth-order valence-corrected chi connectivity index (χ4v) is 2.42. The lowest BCUT2D eigenvalue weighted by Gasteiger charge is -2.33. The summed E-state index contributed by atoms with van der Waals surface area (Å²) in [7, 11) is 1.83. The third-order valence-electron chi connectivity index (χ3n) is 3.47. The Labute approximate surface area is 125 Å². The molecule has 2 heterocycles. The van der Waals surface area contributed by atoms with Crippen molar-refractivity contribution in [1.29, 1.82) is 0 Å². The van der Waals surface area contributed by atoms with Gasteiger partial charge in [-0.3, -0.25) is 9.59 Å². The number of carbonyl (C=O) groups excluding carboxylic acids is 2. The Balaban J connectivity index is 1.84. The molecule has 0 aliphatic carbocycles. The van der Waals surface area contributed by atoms with Gasteiger partial charge in [-0.2, -0.15) is 0 Å². The summed E-state index contributed by atoms with van der Waals surface area (Å²) in [6.07, 6.45) is 1.68. The Hall–Kier alpha value is -1.82. The third-order valence-corrected chi connectivity index (χ3v) is 3.47. The number of morpholine rings is 1. The number of carbonyl (C=O) groups is 2. The molecule has 0 saturated carbocycles. The van der Waals surface area contributed by atoms with Crippen LogP contribution in [0, 0.1) is 5.92 Å². The summed E-state index contributed by atoms with van der Waals surface area (Å²) in [6, 6.07) is 3.60. The van der Waals surface area contributed by atoms with Crippen molar-refractivity contribution in [3.63, 3.8) is 0 Å². The van der Waals surface area contributed by atoms with Crippen LogP contribution in [-0.2, 0) is 16.6 Å². The lowest BCUT2D eigenvalue weighted by atomic mass is 10.1. The van der Waals surface area contributed by atoms with Crippen molar-refractivity contribution in [3.8, 4) is 0 Å². The van der Waals surface area contributed by atoms with Crippen molar-refractivity contribution in [2.24, 2.45) is 13.0 Å². The number of hydrogen-bond acceptors (Lipinski definition) is 3. The van der Waals surface area contributed by atoms with Gasteiger partial charge in [0.15, 0.2) is 0 Å². The van der Waals surface area contributed by atoms with Crippen LogP contribution < -0.4 is 5.32 Å². The summed E-state index contributed by atoms with van der Waals surface area (Å²) >= 11 is 0. The van der Waals surface area contributed by atoms with Crippen LogP contribution in [0.2, 0.25) is 0 Å². The van der Waals surface area contributed by atoms with E-state index < -0.39 is 0 Å². The van der Waals surface area contributed by atoms with Crippen LogP contribution in [0.1, 0.15) is 24.3 Å². The predicted molar refractivity (Wildman–Crippen MR) is 78.9 cm³/mol. The Bertz CT molecular complexity index is 510. The van der Waals surface area contributed by atoms with Crippen molar-refractivity contribution in [2.45, 2.75) is 20.0 Å². The maximum absolute atomic E-state index is 12.0. The molecule has 116 valence electrons. The molecule has 1 N–H and O–H groups in total. The number of hydrogen-bond donors (Lipinski definition) is 1. The highest BCUT2D eigenvalue weighted by Crippen LogP contribution is 2.09. The monoisotopic (exact) mass is 293 g/mol. The standard InChI is InChI=1S/C15H23N3O3/c1-11(2)8-18-9-12(21-10-14(18)19)7-16-15(20)13-5-4-6-17(13)3/h4-6,11-12H,7-10H2,1-3H3,(H,16,20). The summed E-state index contributed by atoms with van der Waals surface area (Å²) in [6.45, 7) is 5.92. The van der Waals surface area contributed by atoms with Gasteiger partial charge in [-0.15, -0.1) is 0 Å². The Morgan fingerprint density at radius 1 is 1.52 bits per heavy atom. The number of rotatable bonds is 5. The lowest BCUT2D eigenvalue weighted by Crippen LogP contribution is -2.51. The summed E-state index contributed by atoms with van der Waals surface area (Å²) in [5, 5.41) is 2.86. The van der Waals surface area contributed by atoms with Gasteiger partial charge in [0.1, 0.15) is 12.3 Å². The number of amides is 2. The number of aromatic nitrogens is 1. The van der Waals surface area contributed by atoms with Crippen LogP contribution >= 0.6 is 0 Å². The zero-order valence-electron chi connectivity index (χ0n) is 12.8. The first-order chi connectivity index (χ1) is 9.97. The quantitative estimate of drug-likeness (QED) is 0.866. The molecule has 2 rings (SSSR count). The summed E-state index contributed by atoms with van der Waals surface area (Å²) < 4.78 is 7.26. The molecular weight excluding hydrogens is 270 g/mol. The highest BCUT2D eigenvalue weighted by molar-refractivity contribution is 5.92. The zero-order chi connectivity index (χ0) is 15.4. The van der Waals surface area contributed by atoms with Gasteiger partial charge in [-0.05, 0) is 18.1 Å². The summed E-state index contributed by atoms with van der Waals surface area (Å²) in [5.41, 5.74) is 0.612. The molecule has 1 atom stereocenters. The van der Waals surface area contributed by atoms with E-state index in [-0.39, 0.29) is 24.5 Å². The molecule has 0 aromatic carbocycles. The highest BCUT2D eigenvalue weighted by Gasteiger charge is 2.27. The minimum atomic E-state index is -0.148. The minimum absolute atomic E-state index is 0.0220. The molecule has 6 heteroatoms. The second-order valence-electron chi connectivity index (χ2n) is 5.84. The van der Waals surface area contributed by atoms with Gasteiger partial charge in [0.2, 0.25) is 5.91 Å². The van der Waals surface area contributed by atoms with Crippen LogP contribution in [-0.4, -0.2) is 53.6 Å². The van der Waals surface area contributed by atoms with E-state index >= 15 is 0 Å². The number of aryl methyl sites for hydroxylation is 1. The van der Waals surface area contributed by atoms with Crippen molar-refractivity contribution >= 4 is 11.8 Å².